The largest absolute Gasteiger partial charge is 0.396 e. The number of hydrogen-bond donors (Lipinski definition) is 1. The highest BCUT2D eigenvalue weighted by Crippen LogP contribution is 2.74. The second-order valence-electron chi connectivity index (χ2n) is 14.7. The highest BCUT2D eigenvalue weighted by Gasteiger charge is 2.69. The number of carbonyl (C=O) groups is 2. The Hall–Kier alpha value is -1.73. The molecule has 4 heteroatoms. The van der Waals surface area contributed by atoms with E-state index in [1.54, 1.807) is 0 Å². The maximum atomic E-state index is 14.2. The van der Waals surface area contributed by atoms with Crippen LogP contribution in [0.15, 0.2) is 23.4 Å². The van der Waals surface area contributed by atoms with Crippen LogP contribution in [0, 0.1) is 56.8 Å². The molecule has 3 saturated carbocycles. The van der Waals surface area contributed by atoms with E-state index in [-0.39, 0.29) is 63.3 Å². The van der Waals surface area contributed by atoms with Gasteiger partial charge >= 0.3 is 0 Å². The Morgan fingerprint density at radius 3 is 2.29 bits per heavy atom. The van der Waals surface area contributed by atoms with Gasteiger partial charge in [-0.15, -0.1) is 0 Å². The smallest absolute Gasteiger partial charge is 0.226 e. The van der Waals surface area contributed by atoms with Crippen LogP contribution in [0.4, 0.5) is 0 Å². The highest BCUT2D eigenvalue weighted by atomic mass is 16.3. The number of aliphatic hydroxyl groups is 1. The molecule has 0 heterocycles. The molecule has 0 bridgehead atoms. The average molecular weight is 478 g/mol. The van der Waals surface area contributed by atoms with Gasteiger partial charge in [-0.1, -0.05) is 60.1 Å². The Morgan fingerprint density at radius 2 is 1.66 bits per heavy atom. The van der Waals surface area contributed by atoms with Crippen LogP contribution < -0.4 is 0 Å². The fraction of sp³-hybridized carbons (Fsp3) is 0.774. The van der Waals surface area contributed by atoms with Crippen molar-refractivity contribution in [3.8, 4) is 0 Å². The summed E-state index contributed by atoms with van der Waals surface area (Å²) < 4.78 is 0. The van der Waals surface area contributed by atoms with Gasteiger partial charge in [-0.05, 0) is 84.5 Å². The molecule has 5 aliphatic carbocycles. The van der Waals surface area contributed by atoms with E-state index in [0.717, 1.165) is 50.5 Å². The molecule has 0 aliphatic heterocycles. The molecule has 0 amide bonds. The standard InChI is InChI=1S/C31H43NO3/c1-26(2)11-13-31(18-33)14-12-30(7)24(19(31)16-26)21(34)15-23-28(5)17-20(32-8)25(35)27(3,4)22(28)9-10-29(23,30)6/h15,17,19,22,24,33H,9-14,16,18H2,1-7H3/t19-,22-,24-,28-,29+,30+,31+/m0/s1. The number of carbonyl (C=O) groups excluding carboxylic acids is 2. The number of fused-ring (bicyclic) bond motifs is 7. The number of rotatable bonds is 1. The summed E-state index contributed by atoms with van der Waals surface area (Å²) in [5, 5.41) is 10.6. The van der Waals surface area contributed by atoms with Crippen LogP contribution in [0.2, 0.25) is 0 Å². The lowest BCUT2D eigenvalue weighted by Gasteiger charge is -2.69. The molecule has 0 aromatic rings. The van der Waals surface area contributed by atoms with Gasteiger partial charge in [-0.25, -0.2) is 4.85 Å². The molecule has 0 aromatic heterocycles. The molecular weight excluding hydrogens is 434 g/mol. The molecule has 5 aliphatic rings. The zero-order valence-corrected chi connectivity index (χ0v) is 22.8. The Labute approximate surface area is 211 Å². The molecule has 0 saturated heterocycles. The van der Waals surface area contributed by atoms with Crippen molar-refractivity contribution in [3.63, 3.8) is 0 Å². The maximum Gasteiger partial charge on any atom is 0.226 e. The molecule has 1 N–H and O–H groups in total. The van der Waals surface area contributed by atoms with Crippen LogP contribution >= 0.6 is 0 Å². The van der Waals surface area contributed by atoms with E-state index < -0.39 is 10.8 Å². The molecule has 0 unspecified atom stereocenters. The van der Waals surface area contributed by atoms with Crippen LogP contribution in [-0.2, 0) is 9.59 Å². The van der Waals surface area contributed by atoms with Crippen molar-refractivity contribution in [2.24, 2.45) is 50.2 Å². The van der Waals surface area contributed by atoms with E-state index in [1.807, 2.05) is 26.0 Å². The van der Waals surface area contributed by atoms with Gasteiger partial charge in [0, 0.05) is 23.4 Å². The van der Waals surface area contributed by atoms with Crippen molar-refractivity contribution in [1.29, 1.82) is 0 Å². The van der Waals surface area contributed by atoms with Crippen LogP contribution in [0.5, 0.6) is 0 Å². The van der Waals surface area contributed by atoms with Crippen molar-refractivity contribution in [3.05, 3.63) is 34.8 Å². The second-order valence-corrected chi connectivity index (χ2v) is 14.7. The Bertz CT molecular complexity index is 1100. The van der Waals surface area contributed by atoms with Crippen molar-refractivity contribution >= 4 is 11.6 Å². The summed E-state index contributed by atoms with van der Waals surface area (Å²) in [6.45, 7) is 23.4. The number of Topliss-reactive ketones (excluding diaryl/α,β-unsaturated/α-hetero) is 1. The number of aliphatic hydroxyl groups excluding tert-OH is 1. The third kappa shape index (κ3) is 2.94. The summed E-state index contributed by atoms with van der Waals surface area (Å²) in [7, 11) is 0. The summed E-state index contributed by atoms with van der Waals surface area (Å²) >= 11 is 0. The van der Waals surface area contributed by atoms with Crippen molar-refractivity contribution < 1.29 is 14.7 Å². The van der Waals surface area contributed by atoms with Crippen LogP contribution in [-0.4, -0.2) is 23.3 Å². The van der Waals surface area contributed by atoms with Crippen molar-refractivity contribution in [1.82, 2.24) is 0 Å². The molecule has 0 radical (unpaired) electrons. The lowest BCUT2D eigenvalue weighted by atomic mass is 9.34. The summed E-state index contributed by atoms with van der Waals surface area (Å²) in [6, 6.07) is 0. The van der Waals surface area contributed by atoms with Crippen molar-refractivity contribution in [2.45, 2.75) is 93.4 Å². The van der Waals surface area contributed by atoms with Gasteiger partial charge in [0.1, 0.15) is 0 Å². The first-order valence-corrected chi connectivity index (χ1v) is 13.6. The predicted molar refractivity (Wildman–Crippen MR) is 137 cm³/mol. The third-order valence-electron chi connectivity index (χ3n) is 12.3. The fourth-order valence-electron chi connectivity index (χ4n) is 9.98. The zero-order valence-electron chi connectivity index (χ0n) is 22.8. The Balaban J connectivity index is 1.70. The predicted octanol–water partition coefficient (Wildman–Crippen LogP) is 6.55. The zero-order chi connectivity index (χ0) is 25.8. The number of allylic oxidation sites excluding steroid dienone is 4. The molecule has 3 fully saturated rings. The van der Waals surface area contributed by atoms with Gasteiger partial charge in [0.05, 0.1) is 6.57 Å². The van der Waals surface area contributed by atoms with E-state index in [1.165, 1.54) is 0 Å². The Kier molecular flexibility index (Phi) is 5.12. The van der Waals surface area contributed by atoms with E-state index in [2.05, 4.69) is 39.5 Å². The lowest BCUT2D eigenvalue weighted by Crippen LogP contribution is -2.65. The molecule has 35 heavy (non-hydrogen) atoms. The monoisotopic (exact) mass is 477 g/mol. The minimum Gasteiger partial charge on any atom is -0.396 e. The molecule has 190 valence electrons. The van der Waals surface area contributed by atoms with E-state index >= 15 is 0 Å². The lowest BCUT2D eigenvalue weighted by molar-refractivity contribution is -0.177. The molecule has 5 rings (SSSR count). The van der Waals surface area contributed by atoms with Gasteiger partial charge in [0.25, 0.3) is 0 Å². The van der Waals surface area contributed by atoms with Gasteiger partial charge in [0.2, 0.25) is 5.70 Å². The second kappa shape index (κ2) is 7.18. The number of ketones is 2. The quantitative estimate of drug-likeness (QED) is 0.436. The number of nitrogens with zero attached hydrogens (tertiary/aromatic N) is 1. The fourth-order valence-corrected chi connectivity index (χ4v) is 9.98. The summed E-state index contributed by atoms with van der Waals surface area (Å²) in [4.78, 5) is 31.1. The molecule has 7 atom stereocenters. The average Bonchev–Trinajstić information content (AvgIpc) is 2.77. The third-order valence-corrected chi connectivity index (χ3v) is 12.3. The minimum absolute atomic E-state index is 0.0553. The van der Waals surface area contributed by atoms with Crippen LogP contribution in [0.3, 0.4) is 0 Å². The van der Waals surface area contributed by atoms with E-state index in [9.17, 15) is 14.7 Å². The van der Waals surface area contributed by atoms with E-state index in [4.69, 9.17) is 6.57 Å². The number of hydrogen-bond acceptors (Lipinski definition) is 3. The van der Waals surface area contributed by atoms with Gasteiger partial charge in [-0.3, -0.25) is 4.79 Å². The van der Waals surface area contributed by atoms with Gasteiger partial charge < -0.3 is 9.90 Å². The molecular formula is C31H43NO3. The first kappa shape index (κ1) is 24.9. The first-order valence-electron chi connectivity index (χ1n) is 13.6. The SMILES string of the molecule is [C-]#[N+]C1=C[C@]2(C)C3=CC(=O)[C@@H]4[C@@H]5CC(C)(C)CC[C@]5(CO)CC[C@@]4(C)[C@]3(C)CC[C@H]2C(C)(C)C1=O. The highest BCUT2D eigenvalue weighted by molar-refractivity contribution is 6.03. The molecule has 0 aromatic carbocycles. The summed E-state index contributed by atoms with van der Waals surface area (Å²) in [5.41, 5.74) is -0.0688. The normalized spacial score (nSPS) is 47.8. The summed E-state index contributed by atoms with van der Waals surface area (Å²) in [6.07, 6.45) is 10.8. The molecule has 4 nitrogen and oxygen atoms in total. The van der Waals surface area contributed by atoms with Gasteiger partial charge in [-0.2, -0.15) is 0 Å². The Morgan fingerprint density at radius 1 is 1.00 bits per heavy atom. The van der Waals surface area contributed by atoms with E-state index in [0.29, 0.717) is 0 Å². The topological polar surface area (TPSA) is 58.7 Å². The first-order chi connectivity index (χ1) is 16.1. The van der Waals surface area contributed by atoms with Crippen molar-refractivity contribution in [2.75, 3.05) is 6.61 Å². The summed E-state index contributed by atoms with van der Waals surface area (Å²) in [5.74, 6) is 0.351. The molecule has 0 spiro atoms. The van der Waals surface area contributed by atoms with Gasteiger partial charge in [0.15, 0.2) is 11.6 Å². The maximum absolute atomic E-state index is 14.2. The minimum atomic E-state index is -0.627. The van der Waals surface area contributed by atoms with Crippen LogP contribution in [0.25, 0.3) is 4.85 Å². The van der Waals surface area contributed by atoms with Crippen LogP contribution in [0.1, 0.15) is 93.4 Å².